The quantitative estimate of drug-likeness (QED) is 0.819. The maximum Gasteiger partial charge on any atom is 0.225 e. The minimum Gasteiger partial charge on any atom is -0.342 e. The molecular formula is C23H35ClN2O. The molecule has 4 rings (SSSR count). The number of nitrogens with zero attached hydrogens (tertiary/aromatic N) is 1. The number of hydrogen-bond donors (Lipinski definition) is 1. The van der Waals surface area contributed by atoms with Gasteiger partial charge in [0.1, 0.15) is 0 Å². The molecule has 1 heterocycles. The molecule has 4 atom stereocenters. The Labute approximate surface area is 170 Å². The van der Waals surface area contributed by atoms with E-state index < -0.39 is 0 Å². The third-order valence-corrected chi connectivity index (χ3v) is 7.56. The van der Waals surface area contributed by atoms with Gasteiger partial charge in [0.15, 0.2) is 0 Å². The van der Waals surface area contributed by atoms with Gasteiger partial charge in [0.25, 0.3) is 0 Å². The molecule has 1 aliphatic heterocycles. The molecule has 0 aromatic heterocycles. The first-order valence-corrected chi connectivity index (χ1v) is 10.8. The van der Waals surface area contributed by atoms with E-state index in [9.17, 15) is 4.79 Å². The molecule has 1 aromatic carbocycles. The van der Waals surface area contributed by atoms with Gasteiger partial charge < -0.3 is 10.6 Å². The van der Waals surface area contributed by atoms with Gasteiger partial charge in [-0.2, -0.15) is 0 Å². The van der Waals surface area contributed by atoms with E-state index in [1.807, 2.05) is 0 Å². The van der Waals surface area contributed by atoms with E-state index in [0.29, 0.717) is 35.6 Å². The number of carbonyl (C=O) groups is 1. The highest BCUT2D eigenvalue weighted by Gasteiger charge is 2.42. The minimum atomic E-state index is 0. The summed E-state index contributed by atoms with van der Waals surface area (Å²) in [6.45, 7) is 4.14. The highest BCUT2D eigenvalue weighted by molar-refractivity contribution is 5.85. The average molecular weight is 391 g/mol. The second-order valence-electron chi connectivity index (χ2n) is 8.96. The lowest BCUT2D eigenvalue weighted by Gasteiger charge is -2.46. The van der Waals surface area contributed by atoms with Crippen LogP contribution in [-0.4, -0.2) is 29.9 Å². The molecule has 4 unspecified atom stereocenters. The molecule has 2 bridgehead atoms. The van der Waals surface area contributed by atoms with Gasteiger partial charge in [0.2, 0.25) is 5.91 Å². The van der Waals surface area contributed by atoms with Gasteiger partial charge in [-0.15, -0.1) is 12.4 Å². The van der Waals surface area contributed by atoms with Crippen LogP contribution in [0.1, 0.15) is 63.4 Å². The molecular weight excluding hydrogens is 356 g/mol. The topological polar surface area (TPSA) is 46.3 Å². The Morgan fingerprint density at radius 1 is 1.11 bits per heavy atom. The van der Waals surface area contributed by atoms with Crippen molar-refractivity contribution in [2.75, 3.05) is 13.1 Å². The number of carbonyl (C=O) groups excluding carboxylic acids is 1. The normalized spacial score (nSPS) is 36.0. The first kappa shape index (κ1) is 20.7. The number of benzene rings is 1. The fourth-order valence-corrected chi connectivity index (χ4v) is 6.03. The molecule has 1 amide bonds. The summed E-state index contributed by atoms with van der Waals surface area (Å²) in [5, 5.41) is 0. The van der Waals surface area contributed by atoms with E-state index in [2.05, 4.69) is 42.2 Å². The average Bonchev–Trinajstić information content (AvgIpc) is 2.67. The molecule has 0 spiro atoms. The van der Waals surface area contributed by atoms with Crippen molar-refractivity contribution in [3.63, 3.8) is 0 Å². The van der Waals surface area contributed by atoms with E-state index in [1.165, 1.54) is 24.8 Å². The second kappa shape index (κ2) is 8.96. The monoisotopic (exact) mass is 390 g/mol. The summed E-state index contributed by atoms with van der Waals surface area (Å²) >= 11 is 0. The lowest BCUT2D eigenvalue weighted by Crippen LogP contribution is -2.51. The number of fused-ring (bicyclic) bond motifs is 2. The Hall–Kier alpha value is -1.06. The predicted octanol–water partition coefficient (Wildman–Crippen LogP) is 4.60. The zero-order valence-electron chi connectivity index (χ0n) is 16.6. The Morgan fingerprint density at radius 2 is 1.78 bits per heavy atom. The molecule has 2 N–H and O–H groups in total. The van der Waals surface area contributed by atoms with Gasteiger partial charge in [-0.3, -0.25) is 4.79 Å². The smallest absolute Gasteiger partial charge is 0.225 e. The fraction of sp³-hybridized carbons (Fsp3) is 0.696. The van der Waals surface area contributed by atoms with E-state index in [0.717, 1.165) is 38.8 Å². The molecule has 3 nitrogen and oxygen atoms in total. The van der Waals surface area contributed by atoms with Crippen molar-refractivity contribution in [3.05, 3.63) is 35.9 Å². The van der Waals surface area contributed by atoms with Crippen LogP contribution in [0.15, 0.2) is 30.3 Å². The van der Waals surface area contributed by atoms with E-state index in [1.54, 1.807) is 0 Å². The summed E-state index contributed by atoms with van der Waals surface area (Å²) in [6, 6.07) is 11.2. The van der Waals surface area contributed by atoms with Crippen molar-refractivity contribution in [1.82, 2.24) is 4.90 Å². The number of halogens is 1. The van der Waals surface area contributed by atoms with Crippen LogP contribution in [0, 0.1) is 23.7 Å². The zero-order chi connectivity index (χ0) is 18.1. The van der Waals surface area contributed by atoms with Gasteiger partial charge in [0, 0.05) is 25.0 Å². The van der Waals surface area contributed by atoms with Crippen molar-refractivity contribution in [3.8, 4) is 0 Å². The number of likely N-dealkylation sites (tertiary alicyclic amines) is 1. The number of piperidine rings is 1. The largest absolute Gasteiger partial charge is 0.342 e. The van der Waals surface area contributed by atoms with Crippen LogP contribution in [-0.2, 0) is 4.79 Å². The van der Waals surface area contributed by atoms with Gasteiger partial charge >= 0.3 is 0 Å². The number of rotatable bonds is 3. The molecule has 1 saturated heterocycles. The third-order valence-electron chi connectivity index (χ3n) is 7.56. The van der Waals surface area contributed by atoms with Crippen LogP contribution in [0.5, 0.6) is 0 Å². The van der Waals surface area contributed by atoms with E-state index >= 15 is 0 Å². The molecule has 4 heteroatoms. The SMILES string of the molecule is CCC1CN(C(=O)C2CC3CCCC(C2)C3N)CCC1c1ccccc1.Cl. The Bertz CT molecular complexity index is 608. The summed E-state index contributed by atoms with van der Waals surface area (Å²) in [4.78, 5) is 15.5. The van der Waals surface area contributed by atoms with Crippen LogP contribution < -0.4 is 5.73 Å². The number of hydrogen-bond acceptors (Lipinski definition) is 2. The molecule has 27 heavy (non-hydrogen) atoms. The second-order valence-corrected chi connectivity index (χ2v) is 8.96. The van der Waals surface area contributed by atoms with Crippen molar-refractivity contribution in [2.45, 2.75) is 63.8 Å². The highest BCUT2D eigenvalue weighted by atomic mass is 35.5. The summed E-state index contributed by atoms with van der Waals surface area (Å²) in [5.41, 5.74) is 7.88. The van der Waals surface area contributed by atoms with Crippen LogP contribution in [0.25, 0.3) is 0 Å². The van der Waals surface area contributed by atoms with Crippen molar-refractivity contribution in [1.29, 1.82) is 0 Å². The Balaban J connectivity index is 0.00000210. The molecule has 2 aliphatic carbocycles. The maximum atomic E-state index is 13.3. The third kappa shape index (κ3) is 4.19. The van der Waals surface area contributed by atoms with Crippen molar-refractivity contribution < 1.29 is 4.79 Å². The van der Waals surface area contributed by atoms with Crippen molar-refractivity contribution in [2.24, 2.45) is 29.4 Å². The summed E-state index contributed by atoms with van der Waals surface area (Å²) in [6.07, 6.45) is 8.09. The lowest BCUT2D eigenvalue weighted by atomic mass is 9.64. The number of amides is 1. The zero-order valence-corrected chi connectivity index (χ0v) is 17.4. The molecule has 2 saturated carbocycles. The molecule has 3 fully saturated rings. The van der Waals surface area contributed by atoms with Gasteiger partial charge in [0.05, 0.1) is 0 Å². The molecule has 0 radical (unpaired) electrons. The van der Waals surface area contributed by atoms with Gasteiger partial charge in [-0.1, -0.05) is 50.1 Å². The predicted molar refractivity (Wildman–Crippen MR) is 113 cm³/mol. The van der Waals surface area contributed by atoms with Gasteiger partial charge in [-0.05, 0) is 61.3 Å². The van der Waals surface area contributed by atoms with Crippen LogP contribution in [0.3, 0.4) is 0 Å². The van der Waals surface area contributed by atoms with Gasteiger partial charge in [-0.25, -0.2) is 0 Å². The van der Waals surface area contributed by atoms with Crippen LogP contribution in [0.4, 0.5) is 0 Å². The summed E-state index contributed by atoms with van der Waals surface area (Å²) in [5.74, 6) is 3.01. The molecule has 150 valence electrons. The van der Waals surface area contributed by atoms with Crippen LogP contribution in [0.2, 0.25) is 0 Å². The minimum absolute atomic E-state index is 0. The summed E-state index contributed by atoms with van der Waals surface area (Å²) < 4.78 is 0. The van der Waals surface area contributed by atoms with E-state index in [-0.39, 0.29) is 18.3 Å². The maximum absolute atomic E-state index is 13.3. The van der Waals surface area contributed by atoms with E-state index in [4.69, 9.17) is 5.73 Å². The lowest BCUT2D eigenvalue weighted by molar-refractivity contribution is -0.140. The Kier molecular flexibility index (Phi) is 6.86. The van der Waals surface area contributed by atoms with Crippen molar-refractivity contribution >= 4 is 18.3 Å². The first-order valence-electron chi connectivity index (χ1n) is 10.8. The fourth-order valence-electron chi connectivity index (χ4n) is 6.03. The molecule has 1 aromatic rings. The Morgan fingerprint density at radius 3 is 2.41 bits per heavy atom. The first-order chi connectivity index (χ1) is 12.7. The highest BCUT2D eigenvalue weighted by Crippen LogP contribution is 2.43. The molecule has 3 aliphatic rings. The van der Waals surface area contributed by atoms with Crippen LogP contribution >= 0.6 is 12.4 Å². The number of nitrogens with two attached hydrogens (primary N) is 1. The standard InChI is InChI=1S/C23H34N2O.ClH/c1-2-16-15-25(12-11-21(16)17-7-4-3-5-8-17)23(26)20-13-18-9-6-10-19(14-20)22(18)24;/h3-5,7-8,16,18-22H,2,6,9-15,24H2,1H3;1H. The summed E-state index contributed by atoms with van der Waals surface area (Å²) in [7, 11) is 0.